The fraction of sp³-hybridized carbons (Fsp3) is 0.176. The smallest absolute Gasteiger partial charge is 0.258 e. The maximum absolute atomic E-state index is 12.3. The number of hydrogen-bond donors (Lipinski definition) is 3. The van der Waals surface area contributed by atoms with Crippen molar-refractivity contribution in [3.05, 3.63) is 64.9 Å². The third-order valence-corrected chi connectivity index (χ3v) is 3.67. The van der Waals surface area contributed by atoms with Gasteiger partial charge in [0.25, 0.3) is 5.91 Å². The van der Waals surface area contributed by atoms with Crippen molar-refractivity contribution in [3.8, 4) is 0 Å². The molecule has 7 heteroatoms. The minimum Gasteiger partial charge on any atom is -0.370 e. The molecule has 0 bridgehead atoms. The molecule has 24 heavy (non-hydrogen) atoms. The molecule has 1 aromatic carbocycles. The number of benzene rings is 1. The average molecular weight is 344 g/mol. The van der Waals surface area contributed by atoms with E-state index in [1.165, 1.54) is 0 Å². The van der Waals surface area contributed by atoms with Gasteiger partial charge in [-0.2, -0.15) is 4.99 Å². The largest absolute Gasteiger partial charge is 0.370 e. The van der Waals surface area contributed by atoms with Crippen LogP contribution >= 0.6 is 11.6 Å². The Morgan fingerprint density at radius 3 is 2.67 bits per heavy atom. The summed E-state index contributed by atoms with van der Waals surface area (Å²) in [5.74, 6) is -1.64. The number of carbonyl (C=O) groups excluding carboxylic acids is 1. The van der Waals surface area contributed by atoms with E-state index in [2.05, 4.69) is 9.98 Å². The molecular weight excluding hydrogens is 326 g/mol. The molecule has 0 radical (unpaired) electrons. The lowest BCUT2D eigenvalue weighted by molar-refractivity contribution is -0.119. The van der Waals surface area contributed by atoms with Crippen LogP contribution in [0.15, 0.2) is 53.7 Å². The second kappa shape index (κ2) is 8.21. The maximum atomic E-state index is 12.3. The predicted molar refractivity (Wildman–Crippen MR) is 95.1 cm³/mol. The van der Waals surface area contributed by atoms with E-state index in [1.807, 2.05) is 18.2 Å². The normalized spacial score (nSPS) is 11.5. The summed E-state index contributed by atoms with van der Waals surface area (Å²) >= 11 is 5.98. The van der Waals surface area contributed by atoms with Crippen molar-refractivity contribution in [2.45, 2.75) is 12.8 Å². The molecule has 0 aliphatic rings. The number of nitrogens with one attached hydrogen (secondary N) is 1. The molecule has 0 aliphatic heterocycles. The third kappa shape index (κ3) is 4.89. The van der Waals surface area contributed by atoms with E-state index in [1.54, 1.807) is 30.5 Å². The molecule has 1 amide bonds. The van der Waals surface area contributed by atoms with Crippen LogP contribution in [0.5, 0.6) is 0 Å². The highest BCUT2D eigenvalue weighted by atomic mass is 35.5. The predicted octanol–water partition coefficient (Wildman–Crippen LogP) is 2.15. The molecule has 0 saturated carbocycles. The number of aromatic nitrogens is 1. The number of aliphatic imine (C=N–C) groups is 1. The van der Waals surface area contributed by atoms with Crippen LogP contribution in [0.2, 0.25) is 5.02 Å². The van der Waals surface area contributed by atoms with Gasteiger partial charge in [-0.05, 0) is 42.7 Å². The van der Waals surface area contributed by atoms with Crippen LogP contribution in [0, 0.1) is 11.3 Å². The Morgan fingerprint density at radius 2 is 2.04 bits per heavy atom. The van der Waals surface area contributed by atoms with Gasteiger partial charge in [0.2, 0.25) is 0 Å². The number of nitrogens with two attached hydrogens (primary N) is 2. The Labute approximate surface area is 145 Å². The van der Waals surface area contributed by atoms with Crippen LogP contribution in [0.4, 0.5) is 0 Å². The maximum Gasteiger partial charge on any atom is 0.258 e. The van der Waals surface area contributed by atoms with Crippen LogP contribution < -0.4 is 11.5 Å². The SMILES string of the molecule is N=C(c1ccccn1)C(CCc1cccc(Cl)c1)C(=O)N=C(N)N. The molecule has 1 unspecified atom stereocenters. The number of nitrogens with zero attached hydrogens (tertiary/aromatic N) is 2. The number of hydrogen-bond acceptors (Lipinski definition) is 3. The van der Waals surface area contributed by atoms with Gasteiger partial charge in [-0.15, -0.1) is 0 Å². The van der Waals surface area contributed by atoms with E-state index in [0.717, 1.165) is 5.56 Å². The van der Waals surface area contributed by atoms with Gasteiger partial charge >= 0.3 is 0 Å². The van der Waals surface area contributed by atoms with E-state index in [4.69, 9.17) is 28.5 Å². The molecule has 124 valence electrons. The van der Waals surface area contributed by atoms with Gasteiger partial charge in [-0.3, -0.25) is 9.78 Å². The van der Waals surface area contributed by atoms with Crippen molar-refractivity contribution in [2.75, 3.05) is 0 Å². The van der Waals surface area contributed by atoms with Crippen LogP contribution in [0.1, 0.15) is 17.7 Å². The highest BCUT2D eigenvalue weighted by Crippen LogP contribution is 2.18. The third-order valence-electron chi connectivity index (χ3n) is 3.44. The zero-order valence-electron chi connectivity index (χ0n) is 12.9. The molecule has 2 aromatic rings. The number of pyridine rings is 1. The number of carbonyl (C=O) groups is 1. The second-order valence-electron chi connectivity index (χ2n) is 5.22. The number of guanidine groups is 1. The lowest BCUT2D eigenvalue weighted by atomic mass is 9.92. The average Bonchev–Trinajstić information content (AvgIpc) is 2.55. The van der Waals surface area contributed by atoms with Crippen molar-refractivity contribution >= 4 is 29.2 Å². The second-order valence-corrected chi connectivity index (χ2v) is 5.66. The van der Waals surface area contributed by atoms with Gasteiger partial charge in [-0.25, -0.2) is 0 Å². The minimum absolute atomic E-state index is 0.0904. The number of rotatable bonds is 6. The van der Waals surface area contributed by atoms with E-state index >= 15 is 0 Å². The van der Waals surface area contributed by atoms with Gasteiger partial charge in [0.15, 0.2) is 5.96 Å². The van der Waals surface area contributed by atoms with Crippen LogP contribution in [0.3, 0.4) is 0 Å². The van der Waals surface area contributed by atoms with Gasteiger partial charge < -0.3 is 16.9 Å². The van der Waals surface area contributed by atoms with Gasteiger partial charge in [-0.1, -0.05) is 29.8 Å². The lowest BCUT2D eigenvalue weighted by Crippen LogP contribution is -2.30. The van der Waals surface area contributed by atoms with Gasteiger partial charge in [0, 0.05) is 11.2 Å². The van der Waals surface area contributed by atoms with Crippen molar-refractivity contribution in [1.29, 1.82) is 5.41 Å². The van der Waals surface area contributed by atoms with Crippen LogP contribution in [0.25, 0.3) is 0 Å². The van der Waals surface area contributed by atoms with E-state index < -0.39 is 11.8 Å². The quantitative estimate of drug-likeness (QED) is 0.550. The first-order valence-corrected chi connectivity index (χ1v) is 7.73. The molecule has 6 nitrogen and oxygen atoms in total. The highest BCUT2D eigenvalue weighted by molar-refractivity contribution is 6.30. The Morgan fingerprint density at radius 1 is 1.25 bits per heavy atom. The van der Waals surface area contributed by atoms with E-state index in [0.29, 0.717) is 23.6 Å². The molecule has 1 aromatic heterocycles. The molecule has 0 fully saturated rings. The zero-order chi connectivity index (χ0) is 17.5. The van der Waals surface area contributed by atoms with Crippen molar-refractivity contribution in [2.24, 2.45) is 22.4 Å². The van der Waals surface area contributed by atoms with Crippen molar-refractivity contribution in [3.63, 3.8) is 0 Å². The topological polar surface area (TPSA) is 118 Å². The lowest BCUT2D eigenvalue weighted by Gasteiger charge is -2.14. The molecule has 1 heterocycles. The van der Waals surface area contributed by atoms with Crippen molar-refractivity contribution < 1.29 is 4.79 Å². The molecule has 1 atom stereocenters. The molecule has 0 saturated heterocycles. The Bertz CT molecular complexity index is 757. The monoisotopic (exact) mass is 343 g/mol. The Balaban J connectivity index is 2.21. The van der Waals surface area contributed by atoms with Crippen molar-refractivity contribution in [1.82, 2.24) is 4.98 Å². The van der Waals surface area contributed by atoms with E-state index in [9.17, 15) is 4.79 Å². The van der Waals surface area contributed by atoms with Crippen LogP contribution in [-0.4, -0.2) is 22.6 Å². The first-order valence-electron chi connectivity index (χ1n) is 7.35. The standard InChI is InChI=1S/C17H18ClN5O/c18-12-5-3-4-11(10-12)7-8-13(16(24)23-17(20)21)15(19)14-6-1-2-9-22-14/h1-6,9-10,13,19H,7-8H2,(H4,20,21,23,24). The first-order chi connectivity index (χ1) is 11.5. The summed E-state index contributed by atoms with van der Waals surface area (Å²) in [5, 5.41) is 8.93. The zero-order valence-corrected chi connectivity index (χ0v) is 13.7. The van der Waals surface area contributed by atoms with Gasteiger partial charge in [0.1, 0.15) is 0 Å². The molecular formula is C17H18ClN5O. The summed E-state index contributed by atoms with van der Waals surface area (Å²) in [6, 6.07) is 12.5. The number of halogens is 1. The summed E-state index contributed by atoms with van der Waals surface area (Å²) < 4.78 is 0. The molecule has 2 rings (SSSR count). The van der Waals surface area contributed by atoms with E-state index in [-0.39, 0.29) is 11.7 Å². The molecule has 5 N–H and O–H groups in total. The summed E-state index contributed by atoms with van der Waals surface area (Å²) in [6.45, 7) is 0. The Hall–Kier alpha value is -2.73. The van der Waals surface area contributed by atoms with Crippen LogP contribution in [-0.2, 0) is 11.2 Å². The number of amides is 1. The molecule has 0 spiro atoms. The first kappa shape index (κ1) is 17.6. The summed E-state index contributed by atoms with van der Waals surface area (Å²) in [5.41, 5.74) is 12.1. The number of aryl methyl sites for hydroxylation is 1. The Kier molecular flexibility index (Phi) is 6.03. The summed E-state index contributed by atoms with van der Waals surface area (Å²) in [7, 11) is 0. The molecule has 0 aliphatic carbocycles. The highest BCUT2D eigenvalue weighted by Gasteiger charge is 2.25. The minimum atomic E-state index is -0.777. The summed E-state index contributed by atoms with van der Waals surface area (Å²) in [6.07, 6.45) is 2.51. The fourth-order valence-corrected chi connectivity index (χ4v) is 2.51. The van der Waals surface area contributed by atoms with Gasteiger partial charge in [0.05, 0.1) is 17.3 Å². The summed E-state index contributed by atoms with van der Waals surface area (Å²) in [4.78, 5) is 20.0. The fourth-order valence-electron chi connectivity index (χ4n) is 2.30.